The highest BCUT2D eigenvalue weighted by Crippen LogP contribution is 2.35. The van der Waals surface area contributed by atoms with Crippen LogP contribution in [-0.4, -0.2) is 37.0 Å². The minimum absolute atomic E-state index is 0.0183. The molecule has 0 aromatic heterocycles. The van der Waals surface area contributed by atoms with Crippen molar-refractivity contribution in [3.05, 3.63) is 23.3 Å². The molecule has 2 rings (SSSR count). The predicted octanol–water partition coefficient (Wildman–Crippen LogP) is 1.29. The standard InChI is InChI=1S/C17H23NO5/c1-10-7-15-13(11(2)17(21)23-15)5-3-12(9-19)4-6-14(10)22-16(20)8-18/h4,7,9,11,13-15H,3,5-6,8,18H2,1-2H3. The van der Waals surface area contributed by atoms with Gasteiger partial charge in [0.25, 0.3) is 0 Å². The Morgan fingerprint density at radius 1 is 1.52 bits per heavy atom. The van der Waals surface area contributed by atoms with Gasteiger partial charge in [-0.25, -0.2) is 0 Å². The van der Waals surface area contributed by atoms with Crippen LogP contribution in [0, 0.1) is 11.8 Å². The van der Waals surface area contributed by atoms with Crippen LogP contribution in [0.15, 0.2) is 23.3 Å². The van der Waals surface area contributed by atoms with Gasteiger partial charge in [0.2, 0.25) is 0 Å². The smallest absolute Gasteiger partial charge is 0.320 e. The zero-order valence-electron chi connectivity index (χ0n) is 13.5. The third kappa shape index (κ3) is 4.07. The third-order valence-electron chi connectivity index (χ3n) is 4.58. The normalized spacial score (nSPS) is 31.3. The van der Waals surface area contributed by atoms with Gasteiger partial charge in [0.1, 0.15) is 18.5 Å². The lowest BCUT2D eigenvalue weighted by molar-refractivity contribution is -0.146. The number of nitrogens with two attached hydrogens (primary N) is 1. The number of carbonyl (C=O) groups is 3. The van der Waals surface area contributed by atoms with Crippen molar-refractivity contribution in [1.29, 1.82) is 0 Å². The van der Waals surface area contributed by atoms with Crippen LogP contribution in [0.1, 0.15) is 33.1 Å². The molecule has 126 valence electrons. The lowest BCUT2D eigenvalue weighted by atomic mass is 9.84. The van der Waals surface area contributed by atoms with Crippen molar-refractivity contribution in [3.8, 4) is 0 Å². The molecule has 0 amide bonds. The number of esters is 2. The molecular formula is C17H23NO5. The molecule has 23 heavy (non-hydrogen) atoms. The molecule has 0 saturated carbocycles. The van der Waals surface area contributed by atoms with Crippen LogP contribution in [-0.2, 0) is 23.9 Å². The number of ether oxygens (including phenoxy) is 2. The van der Waals surface area contributed by atoms with Crippen molar-refractivity contribution in [1.82, 2.24) is 0 Å². The Morgan fingerprint density at radius 3 is 2.91 bits per heavy atom. The van der Waals surface area contributed by atoms with E-state index in [1.54, 1.807) is 6.08 Å². The second kappa shape index (κ2) is 7.55. The number of allylic oxidation sites excluding steroid dienone is 1. The predicted molar refractivity (Wildman–Crippen MR) is 83.2 cm³/mol. The molecule has 1 fully saturated rings. The topological polar surface area (TPSA) is 95.7 Å². The number of rotatable bonds is 3. The fraction of sp³-hybridized carbons (Fsp3) is 0.588. The van der Waals surface area contributed by atoms with E-state index in [4.69, 9.17) is 15.2 Å². The zero-order valence-corrected chi connectivity index (χ0v) is 13.5. The average Bonchev–Trinajstić information content (AvgIpc) is 2.80. The number of hydrogen-bond acceptors (Lipinski definition) is 6. The zero-order chi connectivity index (χ0) is 17.0. The van der Waals surface area contributed by atoms with E-state index in [1.807, 2.05) is 19.9 Å². The molecule has 4 unspecified atom stereocenters. The maximum atomic E-state index is 11.9. The van der Waals surface area contributed by atoms with Gasteiger partial charge in [0, 0.05) is 12.3 Å². The van der Waals surface area contributed by atoms with Gasteiger partial charge in [-0.3, -0.25) is 14.4 Å². The van der Waals surface area contributed by atoms with E-state index in [0.717, 1.165) is 11.9 Å². The summed E-state index contributed by atoms with van der Waals surface area (Å²) in [6.07, 6.45) is 5.32. The first-order valence-electron chi connectivity index (χ1n) is 7.88. The third-order valence-corrected chi connectivity index (χ3v) is 4.58. The van der Waals surface area contributed by atoms with Crippen molar-refractivity contribution < 1.29 is 23.9 Å². The van der Waals surface area contributed by atoms with Gasteiger partial charge in [-0.2, -0.15) is 0 Å². The Morgan fingerprint density at radius 2 is 2.26 bits per heavy atom. The second-order valence-electron chi connectivity index (χ2n) is 6.12. The summed E-state index contributed by atoms with van der Waals surface area (Å²) in [7, 11) is 0. The molecule has 2 N–H and O–H groups in total. The van der Waals surface area contributed by atoms with Crippen LogP contribution in [0.25, 0.3) is 0 Å². The monoisotopic (exact) mass is 321 g/mol. The highest BCUT2D eigenvalue weighted by Gasteiger charge is 2.40. The first-order valence-corrected chi connectivity index (χ1v) is 7.88. The maximum Gasteiger partial charge on any atom is 0.320 e. The van der Waals surface area contributed by atoms with E-state index >= 15 is 0 Å². The van der Waals surface area contributed by atoms with Crippen LogP contribution in [0.3, 0.4) is 0 Å². The molecule has 0 aromatic rings. The van der Waals surface area contributed by atoms with Crippen LogP contribution in [0.2, 0.25) is 0 Å². The molecule has 6 nitrogen and oxygen atoms in total. The fourth-order valence-corrected chi connectivity index (χ4v) is 3.06. The maximum absolute atomic E-state index is 11.9. The van der Waals surface area contributed by atoms with E-state index in [1.165, 1.54) is 0 Å². The van der Waals surface area contributed by atoms with Gasteiger partial charge in [0.15, 0.2) is 0 Å². The number of hydrogen-bond donors (Lipinski definition) is 1. The number of fused-ring (bicyclic) bond motifs is 1. The van der Waals surface area contributed by atoms with Crippen molar-refractivity contribution in [2.24, 2.45) is 17.6 Å². The Kier molecular flexibility index (Phi) is 5.71. The summed E-state index contributed by atoms with van der Waals surface area (Å²) >= 11 is 0. The van der Waals surface area contributed by atoms with E-state index in [-0.39, 0.29) is 30.5 Å². The lowest BCUT2D eigenvalue weighted by Gasteiger charge is -2.23. The van der Waals surface area contributed by atoms with E-state index in [9.17, 15) is 14.4 Å². The minimum Gasteiger partial charge on any atom is -0.458 e. The molecule has 0 bridgehead atoms. The highest BCUT2D eigenvalue weighted by molar-refractivity contribution is 5.76. The molecule has 1 saturated heterocycles. The molecule has 0 radical (unpaired) electrons. The highest BCUT2D eigenvalue weighted by atomic mass is 16.6. The summed E-state index contributed by atoms with van der Waals surface area (Å²) in [5.74, 6) is -0.921. The van der Waals surface area contributed by atoms with Crippen molar-refractivity contribution >= 4 is 18.2 Å². The van der Waals surface area contributed by atoms with Crippen LogP contribution < -0.4 is 5.73 Å². The first-order chi connectivity index (χ1) is 11.0. The van der Waals surface area contributed by atoms with E-state index < -0.39 is 12.1 Å². The van der Waals surface area contributed by atoms with Crippen molar-refractivity contribution in [2.75, 3.05) is 6.54 Å². The Labute approximate surface area is 135 Å². The van der Waals surface area contributed by atoms with Gasteiger partial charge in [0.05, 0.1) is 12.5 Å². The summed E-state index contributed by atoms with van der Waals surface area (Å²) in [6, 6.07) is 0. The molecule has 4 atom stereocenters. The van der Waals surface area contributed by atoms with Crippen molar-refractivity contribution in [2.45, 2.75) is 45.3 Å². The SMILES string of the molecule is CC1=CC2OC(=O)C(C)C2CCC(C=O)=CCC1OC(=O)CN. The minimum atomic E-state index is -0.505. The van der Waals surface area contributed by atoms with Crippen LogP contribution >= 0.6 is 0 Å². The number of carbonyl (C=O) groups excluding carboxylic acids is 3. The lowest BCUT2D eigenvalue weighted by Crippen LogP contribution is -2.26. The summed E-state index contributed by atoms with van der Waals surface area (Å²) in [4.78, 5) is 34.6. The summed E-state index contributed by atoms with van der Waals surface area (Å²) < 4.78 is 10.8. The Bertz CT molecular complexity index is 551. The molecule has 1 aliphatic carbocycles. The Hall–Kier alpha value is -1.95. The average molecular weight is 321 g/mol. The second-order valence-corrected chi connectivity index (χ2v) is 6.12. The van der Waals surface area contributed by atoms with Crippen LogP contribution in [0.4, 0.5) is 0 Å². The summed E-state index contributed by atoms with van der Waals surface area (Å²) in [6.45, 7) is 3.47. The van der Waals surface area contributed by atoms with E-state index in [0.29, 0.717) is 24.8 Å². The quantitative estimate of drug-likeness (QED) is 0.478. The van der Waals surface area contributed by atoms with Gasteiger partial charge < -0.3 is 15.2 Å². The fourth-order valence-electron chi connectivity index (χ4n) is 3.06. The molecular weight excluding hydrogens is 298 g/mol. The van der Waals surface area contributed by atoms with E-state index in [2.05, 4.69) is 0 Å². The summed E-state index contributed by atoms with van der Waals surface area (Å²) in [5.41, 5.74) is 6.75. The van der Waals surface area contributed by atoms with Gasteiger partial charge in [-0.1, -0.05) is 13.0 Å². The largest absolute Gasteiger partial charge is 0.458 e. The van der Waals surface area contributed by atoms with Gasteiger partial charge in [-0.15, -0.1) is 0 Å². The number of aldehydes is 1. The Balaban J connectivity index is 2.30. The van der Waals surface area contributed by atoms with Gasteiger partial charge >= 0.3 is 11.9 Å². The van der Waals surface area contributed by atoms with Crippen molar-refractivity contribution in [3.63, 3.8) is 0 Å². The summed E-state index contributed by atoms with van der Waals surface area (Å²) in [5, 5.41) is 0. The first kappa shape index (κ1) is 17.4. The molecule has 0 aromatic carbocycles. The van der Waals surface area contributed by atoms with Crippen LogP contribution in [0.5, 0.6) is 0 Å². The molecule has 2 aliphatic rings. The molecule has 0 spiro atoms. The molecule has 6 heteroatoms. The molecule has 1 aliphatic heterocycles. The molecule has 1 heterocycles. The van der Waals surface area contributed by atoms with Gasteiger partial charge in [-0.05, 0) is 37.0 Å².